The zero-order valence-electron chi connectivity index (χ0n) is 17.6. The minimum absolute atomic E-state index is 0.505. The standard InChI is InChI=1S/C9H18NO.3C4H9.Sn/c1-9(2)4-5-10(8-9)6-7-11-3;3*1-3-4-2;/h5H,4,6-8H2,1-3H3;3*1,3-4H2,2H3;. The van der Waals surface area contributed by atoms with E-state index in [-0.39, 0.29) is 0 Å². The van der Waals surface area contributed by atoms with Gasteiger partial charge in [0.1, 0.15) is 0 Å². The van der Waals surface area contributed by atoms with Crippen LogP contribution >= 0.6 is 0 Å². The Morgan fingerprint density at radius 2 is 1.46 bits per heavy atom. The summed E-state index contributed by atoms with van der Waals surface area (Å²) in [4.78, 5) is 2.89. The number of hydrogen-bond acceptors (Lipinski definition) is 2. The second-order valence-corrected chi connectivity index (χ2v) is 23.0. The second kappa shape index (κ2) is 11.4. The Balaban J connectivity index is 3.04. The first-order valence-electron chi connectivity index (χ1n) is 10.7. The fraction of sp³-hybridized carbons (Fsp3) is 1.00. The molecule has 0 saturated carbocycles. The molecule has 0 bridgehead atoms. The predicted molar refractivity (Wildman–Crippen MR) is 111 cm³/mol. The van der Waals surface area contributed by atoms with Crippen molar-refractivity contribution >= 4 is 18.4 Å². The molecule has 1 aliphatic heterocycles. The van der Waals surface area contributed by atoms with E-state index in [9.17, 15) is 0 Å². The molecule has 1 rings (SSSR count). The second-order valence-electron chi connectivity index (χ2n) is 9.02. The normalized spacial score (nSPS) is 21.5. The van der Waals surface area contributed by atoms with Crippen LogP contribution in [-0.2, 0) is 4.74 Å². The summed E-state index contributed by atoms with van der Waals surface area (Å²) in [7, 11) is 1.86. The van der Waals surface area contributed by atoms with Crippen molar-refractivity contribution in [3.63, 3.8) is 0 Å². The maximum absolute atomic E-state index is 5.46. The number of likely N-dealkylation sites (tertiary alicyclic amines) is 1. The third-order valence-electron chi connectivity index (χ3n) is 6.19. The van der Waals surface area contributed by atoms with Gasteiger partial charge in [-0.2, -0.15) is 0 Å². The van der Waals surface area contributed by atoms with Crippen molar-refractivity contribution < 1.29 is 4.74 Å². The van der Waals surface area contributed by atoms with E-state index in [1.165, 1.54) is 51.5 Å². The average Bonchev–Trinajstić information content (AvgIpc) is 2.88. The van der Waals surface area contributed by atoms with Gasteiger partial charge in [-0.25, -0.2) is 0 Å². The first kappa shape index (κ1) is 22.8. The Morgan fingerprint density at radius 3 is 1.88 bits per heavy atom. The third kappa shape index (κ3) is 6.79. The molecule has 0 aliphatic carbocycles. The molecule has 0 unspecified atom stereocenters. The molecule has 144 valence electrons. The van der Waals surface area contributed by atoms with Gasteiger partial charge in [-0.3, -0.25) is 0 Å². The molecule has 0 aromatic rings. The van der Waals surface area contributed by atoms with E-state index in [1.54, 1.807) is 13.3 Å². The Kier molecular flexibility index (Phi) is 10.8. The molecule has 0 spiro atoms. The molecule has 0 amide bonds. The van der Waals surface area contributed by atoms with Crippen molar-refractivity contribution in [1.82, 2.24) is 4.90 Å². The van der Waals surface area contributed by atoms with Crippen molar-refractivity contribution in [2.45, 2.75) is 96.9 Å². The maximum atomic E-state index is 5.46. The molecule has 1 heterocycles. The third-order valence-corrected chi connectivity index (χ3v) is 23.4. The van der Waals surface area contributed by atoms with Gasteiger partial charge < -0.3 is 0 Å². The topological polar surface area (TPSA) is 12.5 Å². The van der Waals surface area contributed by atoms with Gasteiger partial charge in [-0.1, -0.05) is 0 Å². The summed E-state index contributed by atoms with van der Waals surface area (Å²) in [5, 5.41) is 0. The predicted octanol–water partition coefficient (Wildman–Crippen LogP) is 6.12. The van der Waals surface area contributed by atoms with Crippen LogP contribution in [0.3, 0.4) is 0 Å². The number of rotatable bonds is 13. The van der Waals surface area contributed by atoms with Crippen molar-refractivity contribution in [1.29, 1.82) is 0 Å². The van der Waals surface area contributed by atoms with E-state index in [4.69, 9.17) is 4.74 Å². The van der Waals surface area contributed by atoms with Crippen LogP contribution in [-0.4, -0.2) is 54.1 Å². The van der Waals surface area contributed by atoms with E-state index < -0.39 is 18.4 Å². The first-order chi connectivity index (χ1) is 11.4. The molecule has 2 nitrogen and oxygen atoms in total. The van der Waals surface area contributed by atoms with Gasteiger partial charge in [0.2, 0.25) is 0 Å². The Hall–Kier alpha value is 0.719. The molecule has 1 atom stereocenters. The van der Waals surface area contributed by atoms with Gasteiger partial charge in [-0.05, 0) is 0 Å². The van der Waals surface area contributed by atoms with Crippen molar-refractivity contribution in [3.05, 3.63) is 0 Å². The molecule has 1 saturated heterocycles. The monoisotopic (exact) mass is 447 g/mol. The molecule has 0 aromatic heterocycles. The van der Waals surface area contributed by atoms with Crippen LogP contribution < -0.4 is 0 Å². The Morgan fingerprint density at radius 1 is 0.958 bits per heavy atom. The molecule has 0 radical (unpaired) electrons. The molecule has 24 heavy (non-hydrogen) atoms. The number of methoxy groups -OCH3 is 1. The number of nitrogens with zero attached hydrogens (tertiary/aromatic N) is 1. The van der Waals surface area contributed by atoms with Gasteiger partial charge in [0.15, 0.2) is 0 Å². The van der Waals surface area contributed by atoms with Gasteiger partial charge in [-0.15, -0.1) is 0 Å². The summed E-state index contributed by atoms with van der Waals surface area (Å²) in [6.07, 6.45) is 10.1. The molecule has 3 heteroatoms. The number of unbranched alkanes of at least 4 members (excludes halogenated alkanes) is 3. The van der Waals surface area contributed by atoms with E-state index in [2.05, 4.69) is 39.5 Å². The molecule has 1 fully saturated rings. The van der Waals surface area contributed by atoms with Crippen LogP contribution in [0.4, 0.5) is 0 Å². The molecular weight excluding hydrogens is 401 g/mol. The Bertz CT molecular complexity index is 310. The number of ether oxygens (including phenoxy) is 1. The summed E-state index contributed by atoms with van der Waals surface area (Å²) >= 11 is -2.17. The van der Waals surface area contributed by atoms with E-state index in [1.807, 2.05) is 7.11 Å². The summed E-state index contributed by atoms with van der Waals surface area (Å²) in [5.41, 5.74) is 0.505. The summed E-state index contributed by atoms with van der Waals surface area (Å²) in [6, 6.07) is 0. The summed E-state index contributed by atoms with van der Waals surface area (Å²) < 4.78 is 11.3. The van der Waals surface area contributed by atoms with Crippen LogP contribution in [0, 0.1) is 5.41 Å². The molecule has 0 aromatic carbocycles. The van der Waals surface area contributed by atoms with Crippen LogP contribution in [0.2, 0.25) is 13.3 Å². The minimum atomic E-state index is -2.17. The summed E-state index contributed by atoms with van der Waals surface area (Å²) in [6.45, 7) is 15.5. The first-order valence-corrected chi connectivity index (χ1v) is 18.4. The molecule has 1 aliphatic rings. The quantitative estimate of drug-likeness (QED) is 0.316. The van der Waals surface area contributed by atoms with E-state index in [0.29, 0.717) is 5.41 Å². The van der Waals surface area contributed by atoms with Crippen LogP contribution in [0.25, 0.3) is 0 Å². The van der Waals surface area contributed by atoms with E-state index in [0.717, 1.165) is 17.2 Å². The SMILES string of the molecule is CCC[CH2][Sn]([CH2]CCC)([CH2]CCC)[C@@H]1CC(C)(C)CN1CCOC. The fourth-order valence-corrected chi connectivity index (χ4v) is 24.6. The van der Waals surface area contributed by atoms with E-state index >= 15 is 0 Å². The van der Waals surface area contributed by atoms with Crippen molar-refractivity contribution in [2.24, 2.45) is 5.41 Å². The average molecular weight is 446 g/mol. The number of hydrogen-bond donors (Lipinski definition) is 0. The molecular formula is C21H45NOSn. The van der Waals surface area contributed by atoms with Gasteiger partial charge in [0.25, 0.3) is 0 Å². The Labute approximate surface area is 157 Å². The van der Waals surface area contributed by atoms with Crippen LogP contribution in [0.5, 0.6) is 0 Å². The van der Waals surface area contributed by atoms with Crippen molar-refractivity contribution in [3.8, 4) is 0 Å². The summed E-state index contributed by atoms with van der Waals surface area (Å²) in [5.74, 6) is 0. The van der Waals surface area contributed by atoms with Gasteiger partial charge in [0.05, 0.1) is 0 Å². The zero-order chi connectivity index (χ0) is 18.1. The van der Waals surface area contributed by atoms with Gasteiger partial charge >= 0.3 is 157 Å². The van der Waals surface area contributed by atoms with Gasteiger partial charge in [0, 0.05) is 0 Å². The molecule has 0 N–H and O–H groups in total. The van der Waals surface area contributed by atoms with Crippen molar-refractivity contribution in [2.75, 3.05) is 26.8 Å². The van der Waals surface area contributed by atoms with Crippen LogP contribution in [0.15, 0.2) is 0 Å². The fourth-order valence-electron chi connectivity index (χ4n) is 4.89. The van der Waals surface area contributed by atoms with Crippen LogP contribution in [0.1, 0.15) is 79.6 Å². The zero-order valence-corrected chi connectivity index (χ0v) is 20.5.